The molecule has 0 bridgehead atoms. The average Bonchev–Trinajstić information content (AvgIpc) is 3.16. The standard InChI is InChI=1S/C17H10N4O2S/c18-16-15-14(19-7-20-16)10-3-1-9(6-13(10)24-15)8-2-4-12-11(5-8)17(22)21-23-12/h1-7H,(H,21,22)(H2,18,19,20). The number of H-pyrrole nitrogens is 1. The van der Waals surface area contributed by atoms with Crippen LogP contribution in [0.3, 0.4) is 0 Å². The molecule has 0 saturated carbocycles. The van der Waals surface area contributed by atoms with Crippen LogP contribution in [0.1, 0.15) is 0 Å². The van der Waals surface area contributed by atoms with Crippen LogP contribution in [-0.2, 0) is 0 Å². The second-order valence-corrected chi connectivity index (χ2v) is 6.55. The number of hydrogen-bond acceptors (Lipinski definition) is 6. The summed E-state index contributed by atoms with van der Waals surface area (Å²) in [5.74, 6) is 0.495. The van der Waals surface area contributed by atoms with Crippen LogP contribution in [-0.4, -0.2) is 15.1 Å². The summed E-state index contributed by atoms with van der Waals surface area (Å²) in [4.78, 5) is 20.1. The van der Waals surface area contributed by atoms with E-state index in [9.17, 15) is 4.79 Å². The lowest BCUT2D eigenvalue weighted by atomic mass is 10.0. The predicted molar refractivity (Wildman–Crippen MR) is 95.2 cm³/mol. The first-order valence-corrected chi connectivity index (χ1v) is 8.07. The quantitative estimate of drug-likeness (QED) is 0.489. The normalized spacial score (nSPS) is 11.7. The smallest absolute Gasteiger partial charge is 0.287 e. The predicted octanol–water partition coefficient (Wildman–Crippen LogP) is 3.53. The molecule has 24 heavy (non-hydrogen) atoms. The number of aromatic nitrogens is 3. The molecule has 0 aliphatic heterocycles. The van der Waals surface area contributed by atoms with E-state index < -0.39 is 0 Å². The number of nitrogens with one attached hydrogen (secondary N) is 1. The SMILES string of the molecule is Nc1ncnc2c1sc1cc(-c3ccc4o[nH]c(=O)c4c3)ccc12. The fourth-order valence-corrected chi connectivity index (χ4v) is 4.00. The topological polar surface area (TPSA) is 97.8 Å². The molecule has 0 spiro atoms. The van der Waals surface area contributed by atoms with E-state index in [2.05, 4.69) is 21.2 Å². The number of nitrogens with zero attached hydrogens (tertiary/aromatic N) is 2. The zero-order valence-electron chi connectivity index (χ0n) is 12.2. The summed E-state index contributed by atoms with van der Waals surface area (Å²) >= 11 is 1.57. The lowest BCUT2D eigenvalue weighted by Gasteiger charge is -2.01. The van der Waals surface area contributed by atoms with Crippen LogP contribution in [0.25, 0.3) is 42.4 Å². The molecular formula is C17H10N4O2S. The molecule has 2 aromatic carbocycles. The van der Waals surface area contributed by atoms with Gasteiger partial charge in [0.05, 0.1) is 15.6 Å². The molecule has 0 radical (unpaired) electrons. The van der Waals surface area contributed by atoms with Gasteiger partial charge in [-0.05, 0) is 29.3 Å². The summed E-state index contributed by atoms with van der Waals surface area (Å²) in [6.07, 6.45) is 1.48. The molecule has 0 aliphatic rings. The first-order valence-electron chi connectivity index (χ1n) is 7.25. The molecule has 0 amide bonds. The van der Waals surface area contributed by atoms with Crippen LogP contribution < -0.4 is 11.3 Å². The van der Waals surface area contributed by atoms with Gasteiger partial charge in [0.25, 0.3) is 5.56 Å². The van der Waals surface area contributed by atoms with Crippen molar-refractivity contribution in [2.75, 3.05) is 5.73 Å². The zero-order valence-corrected chi connectivity index (χ0v) is 13.1. The highest BCUT2D eigenvalue weighted by Gasteiger charge is 2.11. The number of nitrogens with two attached hydrogens (primary N) is 1. The summed E-state index contributed by atoms with van der Waals surface area (Å²) < 4.78 is 7.07. The lowest BCUT2D eigenvalue weighted by molar-refractivity contribution is 0.449. The summed E-state index contributed by atoms with van der Waals surface area (Å²) in [5, 5.41) is 3.94. The summed E-state index contributed by atoms with van der Waals surface area (Å²) in [6.45, 7) is 0. The molecular weight excluding hydrogens is 324 g/mol. The monoisotopic (exact) mass is 334 g/mol. The Hall–Kier alpha value is -3.19. The highest BCUT2D eigenvalue weighted by atomic mass is 32.1. The maximum Gasteiger partial charge on any atom is 0.287 e. The second kappa shape index (κ2) is 4.65. The Kier molecular flexibility index (Phi) is 2.57. The van der Waals surface area contributed by atoms with Crippen LogP contribution in [0.15, 0.2) is 52.0 Å². The minimum Gasteiger partial charge on any atom is -0.382 e. The third kappa shape index (κ3) is 1.79. The Labute approximate surface area is 138 Å². The number of fused-ring (bicyclic) bond motifs is 4. The van der Waals surface area contributed by atoms with Crippen molar-refractivity contribution >= 4 is 48.4 Å². The summed E-state index contributed by atoms with van der Waals surface area (Å²) in [7, 11) is 0. The van der Waals surface area contributed by atoms with Crippen LogP contribution >= 0.6 is 11.3 Å². The Morgan fingerprint density at radius 1 is 1.04 bits per heavy atom. The van der Waals surface area contributed by atoms with Crippen molar-refractivity contribution in [3.05, 3.63) is 53.1 Å². The first-order chi connectivity index (χ1) is 11.7. The van der Waals surface area contributed by atoms with Gasteiger partial charge in [0.15, 0.2) is 5.58 Å². The first kappa shape index (κ1) is 13.3. The van der Waals surface area contributed by atoms with Crippen molar-refractivity contribution in [1.82, 2.24) is 15.1 Å². The van der Waals surface area contributed by atoms with Crippen molar-refractivity contribution in [2.24, 2.45) is 0 Å². The molecule has 116 valence electrons. The highest BCUT2D eigenvalue weighted by Crippen LogP contribution is 2.37. The number of nitrogen functional groups attached to an aromatic ring is 1. The molecule has 7 heteroatoms. The van der Waals surface area contributed by atoms with Crippen molar-refractivity contribution in [3.8, 4) is 11.1 Å². The molecule has 0 fully saturated rings. The van der Waals surface area contributed by atoms with Gasteiger partial charge in [0, 0.05) is 10.1 Å². The van der Waals surface area contributed by atoms with Gasteiger partial charge < -0.3 is 10.3 Å². The van der Waals surface area contributed by atoms with Gasteiger partial charge in [-0.15, -0.1) is 11.3 Å². The molecule has 0 unspecified atom stereocenters. The van der Waals surface area contributed by atoms with Crippen molar-refractivity contribution in [2.45, 2.75) is 0 Å². The fraction of sp³-hybridized carbons (Fsp3) is 0. The van der Waals surface area contributed by atoms with E-state index in [0.717, 1.165) is 31.4 Å². The third-order valence-corrected chi connectivity index (χ3v) is 5.26. The van der Waals surface area contributed by atoms with Gasteiger partial charge in [0.1, 0.15) is 12.1 Å². The van der Waals surface area contributed by atoms with Crippen molar-refractivity contribution in [1.29, 1.82) is 0 Å². The van der Waals surface area contributed by atoms with E-state index in [-0.39, 0.29) is 5.56 Å². The zero-order chi connectivity index (χ0) is 16.3. The summed E-state index contributed by atoms with van der Waals surface area (Å²) in [5.41, 5.74) is 9.11. The van der Waals surface area contributed by atoms with Crippen LogP contribution in [0.2, 0.25) is 0 Å². The van der Waals surface area contributed by atoms with Crippen LogP contribution in [0, 0.1) is 0 Å². The third-order valence-electron chi connectivity index (χ3n) is 4.09. The number of hydrogen-bond donors (Lipinski definition) is 2. The van der Waals surface area contributed by atoms with E-state index in [1.54, 1.807) is 17.4 Å². The van der Waals surface area contributed by atoms with Gasteiger partial charge in [-0.2, -0.15) is 5.16 Å². The number of anilines is 1. The minimum absolute atomic E-state index is 0.224. The molecule has 3 heterocycles. The van der Waals surface area contributed by atoms with Gasteiger partial charge >= 0.3 is 0 Å². The van der Waals surface area contributed by atoms with Crippen molar-refractivity contribution < 1.29 is 4.52 Å². The van der Waals surface area contributed by atoms with E-state index >= 15 is 0 Å². The van der Waals surface area contributed by atoms with E-state index in [1.807, 2.05) is 24.3 Å². The Morgan fingerprint density at radius 3 is 2.79 bits per heavy atom. The van der Waals surface area contributed by atoms with Gasteiger partial charge in [0.2, 0.25) is 0 Å². The maximum atomic E-state index is 11.8. The largest absolute Gasteiger partial charge is 0.382 e. The van der Waals surface area contributed by atoms with E-state index in [0.29, 0.717) is 16.8 Å². The van der Waals surface area contributed by atoms with Crippen LogP contribution in [0.4, 0.5) is 5.82 Å². The van der Waals surface area contributed by atoms with Gasteiger partial charge in [-0.25, -0.2) is 9.97 Å². The Balaban J connectivity index is 1.76. The number of thiophene rings is 1. The lowest BCUT2D eigenvalue weighted by Crippen LogP contribution is -1.96. The van der Waals surface area contributed by atoms with Crippen molar-refractivity contribution in [3.63, 3.8) is 0 Å². The molecule has 0 aliphatic carbocycles. The fourth-order valence-electron chi connectivity index (χ4n) is 2.90. The summed E-state index contributed by atoms with van der Waals surface area (Å²) in [6, 6.07) is 11.7. The molecule has 5 rings (SSSR count). The number of benzene rings is 2. The average molecular weight is 334 g/mol. The second-order valence-electron chi connectivity index (χ2n) is 5.49. The van der Waals surface area contributed by atoms with E-state index in [4.69, 9.17) is 10.3 Å². The Morgan fingerprint density at radius 2 is 1.88 bits per heavy atom. The number of aromatic amines is 1. The highest BCUT2D eigenvalue weighted by molar-refractivity contribution is 7.26. The molecule has 3 N–H and O–H groups in total. The van der Waals surface area contributed by atoms with E-state index in [1.165, 1.54) is 6.33 Å². The van der Waals surface area contributed by atoms with Gasteiger partial charge in [-0.3, -0.25) is 4.79 Å². The minimum atomic E-state index is -0.224. The Bertz CT molecular complexity index is 1300. The molecule has 0 saturated heterocycles. The maximum absolute atomic E-state index is 11.8. The molecule has 0 atom stereocenters. The molecule has 6 nitrogen and oxygen atoms in total. The van der Waals surface area contributed by atoms with Crippen LogP contribution in [0.5, 0.6) is 0 Å². The number of rotatable bonds is 1. The van der Waals surface area contributed by atoms with Gasteiger partial charge in [-0.1, -0.05) is 18.2 Å². The molecule has 3 aromatic heterocycles. The molecule has 5 aromatic rings.